The van der Waals surface area contributed by atoms with Crippen molar-refractivity contribution in [3.05, 3.63) is 59.6 Å². The fraction of sp³-hybridized carbons (Fsp3) is 0.118. The van der Waals surface area contributed by atoms with Gasteiger partial charge < -0.3 is 5.32 Å². The van der Waals surface area contributed by atoms with Gasteiger partial charge in [0.15, 0.2) is 0 Å². The number of fused-ring (bicyclic) bond motifs is 1. The number of hydrogen-bond donors (Lipinski definition) is 1. The Morgan fingerprint density at radius 3 is 2.83 bits per heavy atom. The Bertz CT molecular complexity index is 901. The van der Waals surface area contributed by atoms with Crippen LogP contribution in [0.15, 0.2) is 53.8 Å². The summed E-state index contributed by atoms with van der Waals surface area (Å²) in [7, 11) is 0. The lowest BCUT2D eigenvalue weighted by Gasteiger charge is -2.13. The molecule has 0 fully saturated rings. The fourth-order valence-corrected chi connectivity index (χ4v) is 3.24. The van der Waals surface area contributed by atoms with Crippen molar-refractivity contribution < 1.29 is 9.18 Å². The number of hydrogen-bond acceptors (Lipinski definition) is 4. The first-order chi connectivity index (χ1) is 11.5. The Kier molecular flexibility index (Phi) is 4.97. The van der Waals surface area contributed by atoms with Crippen LogP contribution in [0.3, 0.4) is 0 Å². The van der Waals surface area contributed by atoms with Crippen molar-refractivity contribution in [3.8, 4) is 0 Å². The minimum Gasteiger partial charge on any atom is -0.324 e. The van der Waals surface area contributed by atoms with Crippen LogP contribution in [-0.2, 0) is 4.79 Å². The monoisotopic (exact) mass is 361 g/mol. The average molecular weight is 362 g/mol. The van der Waals surface area contributed by atoms with Gasteiger partial charge in [-0.15, -0.1) is 0 Å². The van der Waals surface area contributed by atoms with Crippen molar-refractivity contribution in [1.29, 1.82) is 0 Å². The van der Waals surface area contributed by atoms with Crippen molar-refractivity contribution in [3.63, 3.8) is 0 Å². The van der Waals surface area contributed by atoms with Crippen LogP contribution in [-0.4, -0.2) is 21.1 Å². The van der Waals surface area contributed by atoms with Crippen molar-refractivity contribution in [2.45, 2.75) is 17.2 Å². The zero-order valence-corrected chi connectivity index (χ0v) is 14.2. The quantitative estimate of drug-likeness (QED) is 0.547. The second kappa shape index (κ2) is 7.15. The largest absolute Gasteiger partial charge is 0.324 e. The van der Waals surface area contributed by atoms with Gasteiger partial charge >= 0.3 is 0 Å². The minimum atomic E-state index is -0.451. The number of anilines is 1. The van der Waals surface area contributed by atoms with Crippen LogP contribution < -0.4 is 5.32 Å². The molecule has 2 aromatic carbocycles. The summed E-state index contributed by atoms with van der Waals surface area (Å²) in [6, 6.07) is 11.5. The molecule has 3 rings (SSSR count). The zero-order chi connectivity index (χ0) is 17.1. The van der Waals surface area contributed by atoms with Gasteiger partial charge in [0.1, 0.15) is 17.2 Å². The number of nitrogens with zero attached hydrogens (tertiary/aromatic N) is 2. The van der Waals surface area contributed by atoms with Crippen LogP contribution in [0.5, 0.6) is 0 Å². The van der Waals surface area contributed by atoms with Gasteiger partial charge in [-0.2, -0.15) is 0 Å². The van der Waals surface area contributed by atoms with E-state index < -0.39 is 11.1 Å². The highest BCUT2D eigenvalue weighted by Gasteiger charge is 2.18. The third-order valence-corrected chi connectivity index (χ3v) is 4.78. The molecule has 0 aliphatic heterocycles. The summed E-state index contributed by atoms with van der Waals surface area (Å²) in [5.74, 6) is -0.691. The number of nitrogens with one attached hydrogen (secondary N) is 1. The van der Waals surface area contributed by atoms with E-state index in [1.165, 1.54) is 30.2 Å². The summed E-state index contributed by atoms with van der Waals surface area (Å²) < 4.78 is 13.1. The number of aromatic nitrogens is 2. The van der Waals surface area contributed by atoms with E-state index in [9.17, 15) is 9.18 Å². The van der Waals surface area contributed by atoms with Gasteiger partial charge in [-0.05, 0) is 31.2 Å². The molecular weight excluding hydrogens is 349 g/mol. The highest BCUT2D eigenvalue weighted by atomic mass is 35.5. The molecule has 122 valence electrons. The average Bonchev–Trinajstić information content (AvgIpc) is 2.57. The molecule has 1 heterocycles. The number of carbonyl (C=O) groups is 1. The predicted octanol–water partition coefficient (Wildman–Crippen LogP) is 4.54. The zero-order valence-electron chi connectivity index (χ0n) is 12.7. The molecule has 1 amide bonds. The van der Waals surface area contributed by atoms with E-state index in [1.54, 1.807) is 6.92 Å². The van der Waals surface area contributed by atoms with Gasteiger partial charge in [-0.3, -0.25) is 4.79 Å². The van der Waals surface area contributed by atoms with E-state index in [-0.39, 0.29) is 10.9 Å². The van der Waals surface area contributed by atoms with E-state index in [0.717, 1.165) is 22.0 Å². The Morgan fingerprint density at radius 2 is 2.04 bits per heavy atom. The van der Waals surface area contributed by atoms with Crippen molar-refractivity contribution in [2.75, 3.05) is 5.32 Å². The van der Waals surface area contributed by atoms with E-state index in [4.69, 9.17) is 11.6 Å². The molecule has 7 heteroatoms. The molecule has 0 spiro atoms. The number of carbonyl (C=O) groups excluding carboxylic acids is 1. The number of benzene rings is 2. The Morgan fingerprint density at radius 1 is 1.25 bits per heavy atom. The summed E-state index contributed by atoms with van der Waals surface area (Å²) >= 11 is 7.26. The third-order valence-electron chi connectivity index (χ3n) is 3.35. The van der Waals surface area contributed by atoms with Gasteiger partial charge in [0, 0.05) is 5.39 Å². The van der Waals surface area contributed by atoms with Crippen LogP contribution in [0.25, 0.3) is 10.9 Å². The van der Waals surface area contributed by atoms with E-state index in [2.05, 4.69) is 15.3 Å². The number of thioether (sulfide) groups is 1. The Labute approximate surface area is 147 Å². The second-order valence-corrected chi connectivity index (χ2v) is 6.81. The van der Waals surface area contributed by atoms with Crippen LogP contribution in [0.1, 0.15) is 6.92 Å². The van der Waals surface area contributed by atoms with Gasteiger partial charge in [0.2, 0.25) is 5.91 Å². The van der Waals surface area contributed by atoms with Crippen molar-refractivity contribution in [2.24, 2.45) is 0 Å². The van der Waals surface area contributed by atoms with Gasteiger partial charge in [-0.25, -0.2) is 14.4 Å². The minimum absolute atomic E-state index is 0.160. The summed E-state index contributed by atoms with van der Waals surface area (Å²) in [5.41, 5.74) is 1.20. The van der Waals surface area contributed by atoms with Gasteiger partial charge in [0.05, 0.1) is 21.5 Å². The molecule has 0 bridgehead atoms. The maximum Gasteiger partial charge on any atom is 0.237 e. The number of amides is 1. The first-order valence-electron chi connectivity index (χ1n) is 7.17. The molecule has 0 aliphatic carbocycles. The predicted molar refractivity (Wildman–Crippen MR) is 94.9 cm³/mol. The van der Waals surface area contributed by atoms with E-state index >= 15 is 0 Å². The van der Waals surface area contributed by atoms with E-state index in [0.29, 0.717) is 5.69 Å². The summed E-state index contributed by atoms with van der Waals surface area (Å²) in [5, 5.41) is 4.07. The smallest absolute Gasteiger partial charge is 0.237 e. The summed E-state index contributed by atoms with van der Waals surface area (Å²) in [4.78, 5) is 20.8. The third kappa shape index (κ3) is 3.66. The molecule has 0 saturated heterocycles. The maximum absolute atomic E-state index is 13.1. The Balaban J connectivity index is 1.76. The normalized spacial score (nSPS) is 12.1. The SMILES string of the molecule is C[C@@H](Sc1ncnc2ccccc12)C(=O)Nc1ccc(F)cc1Cl. The number of halogens is 2. The molecule has 0 radical (unpaired) electrons. The molecule has 24 heavy (non-hydrogen) atoms. The van der Waals surface area contributed by atoms with Crippen molar-refractivity contribution >= 4 is 45.9 Å². The first kappa shape index (κ1) is 16.7. The van der Waals surface area contributed by atoms with E-state index in [1.807, 2.05) is 24.3 Å². The van der Waals surface area contributed by atoms with Crippen LogP contribution in [0, 0.1) is 5.82 Å². The molecule has 1 atom stereocenters. The van der Waals surface area contributed by atoms with Crippen molar-refractivity contribution in [1.82, 2.24) is 9.97 Å². The Hall–Kier alpha value is -2.18. The highest BCUT2D eigenvalue weighted by molar-refractivity contribution is 8.00. The molecule has 0 saturated carbocycles. The lowest BCUT2D eigenvalue weighted by atomic mass is 10.2. The number of para-hydroxylation sites is 1. The molecule has 1 aromatic heterocycles. The summed E-state index contributed by atoms with van der Waals surface area (Å²) in [6.45, 7) is 1.77. The standard InChI is InChI=1S/C17H13ClFN3OS/c1-10(16(23)22-15-7-6-11(19)8-13(15)18)24-17-12-4-2-3-5-14(12)20-9-21-17/h2-10H,1H3,(H,22,23)/t10-/m1/s1. The highest BCUT2D eigenvalue weighted by Crippen LogP contribution is 2.29. The molecule has 3 aromatic rings. The van der Waals surface area contributed by atoms with Gasteiger partial charge in [0.25, 0.3) is 0 Å². The first-order valence-corrected chi connectivity index (χ1v) is 8.42. The molecule has 1 N–H and O–H groups in total. The molecule has 4 nitrogen and oxygen atoms in total. The second-order valence-electron chi connectivity index (χ2n) is 5.07. The fourth-order valence-electron chi connectivity index (χ4n) is 2.12. The molecule has 0 unspecified atom stereocenters. The molecule has 0 aliphatic rings. The maximum atomic E-state index is 13.1. The van der Waals surface area contributed by atoms with Crippen LogP contribution >= 0.6 is 23.4 Å². The topological polar surface area (TPSA) is 54.9 Å². The number of rotatable bonds is 4. The lowest BCUT2D eigenvalue weighted by Crippen LogP contribution is -2.22. The van der Waals surface area contributed by atoms with Crippen LogP contribution in [0.4, 0.5) is 10.1 Å². The summed E-state index contributed by atoms with van der Waals surface area (Å²) in [6.07, 6.45) is 1.48. The molecular formula is C17H13ClFN3OS. The van der Waals surface area contributed by atoms with Gasteiger partial charge in [-0.1, -0.05) is 41.6 Å². The van der Waals surface area contributed by atoms with Crippen LogP contribution in [0.2, 0.25) is 5.02 Å². The lowest BCUT2D eigenvalue weighted by molar-refractivity contribution is -0.115.